The smallest absolute Gasteiger partial charge is 0.316 e. The summed E-state index contributed by atoms with van der Waals surface area (Å²) in [5.41, 5.74) is 0. The van der Waals surface area contributed by atoms with Gasteiger partial charge in [0, 0.05) is 12.5 Å². The monoisotopic (exact) mass is 214 g/mol. The topological polar surface area (TPSA) is 52.6 Å². The molecule has 0 aromatic heterocycles. The van der Waals surface area contributed by atoms with E-state index in [-0.39, 0.29) is 11.7 Å². The second kappa shape index (κ2) is 5.85. The number of carbonyl (C=O) groups is 2. The molecule has 0 aliphatic carbocycles. The van der Waals surface area contributed by atoms with Crippen molar-refractivity contribution in [3.05, 3.63) is 0 Å². The Morgan fingerprint density at radius 1 is 1.47 bits per heavy atom. The van der Waals surface area contributed by atoms with Crippen LogP contribution in [0.1, 0.15) is 26.7 Å². The average Bonchev–Trinajstić information content (AvgIpc) is 2.71. The van der Waals surface area contributed by atoms with E-state index in [0.717, 1.165) is 6.42 Å². The molecule has 0 aromatic rings. The Labute approximate surface area is 89.9 Å². The first-order valence-electron chi connectivity index (χ1n) is 5.48. The Kier molecular flexibility index (Phi) is 4.75. The highest BCUT2D eigenvalue weighted by Gasteiger charge is 2.33. The van der Waals surface area contributed by atoms with Gasteiger partial charge in [-0.05, 0) is 19.8 Å². The van der Waals surface area contributed by atoms with Gasteiger partial charge >= 0.3 is 5.97 Å². The van der Waals surface area contributed by atoms with E-state index >= 15 is 0 Å². The largest absolute Gasteiger partial charge is 0.465 e. The Balaban J connectivity index is 2.56. The van der Waals surface area contributed by atoms with Crippen LogP contribution in [0.25, 0.3) is 0 Å². The van der Waals surface area contributed by atoms with Gasteiger partial charge in [-0.3, -0.25) is 9.59 Å². The van der Waals surface area contributed by atoms with Crippen molar-refractivity contribution in [2.45, 2.75) is 26.7 Å². The molecule has 1 heterocycles. The zero-order valence-corrected chi connectivity index (χ0v) is 9.32. The number of carbonyl (C=O) groups excluding carboxylic acids is 2. The molecule has 1 saturated heterocycles. The van der Waals surface area contributed by atoms with Crippen LogP contribution < -0.4 is 0 Å². The molecule has 1 aliphatic rings. The minimum Gasteiger partial charge on any atom is -0.465 e. The van der Waals surface area contributed by atoms with Crippen LogP contribution in [0.15, 0.2) is 0 Å². The molecule has 0 N–H and O–H groups in total. The third-order valence-electron chi connectivity index (χ3n) is 2.65. The van der Waals surface area contributed by atoms with Gasteiger partial charge < -0.3 is 9.47 Å². The molecule has 1 rings (SSSR count). The van der Waals surface area contributed by atoms with Crippen LogP contribution in [0.3, 0.4) is 0 Å². The summed E-state index contributed by atoms with van der Waals surface area (Å²) in [5, 5.41) is 0. The van der Waals surface area contributed by atoms with Crippen molar-refractivity contribution in [1.82, 2.24) is 0 Å². The third kappa shape index (κ3) is 3.02. The molecule has 4 nitrogen and oxygen atoms in total. The van der Waals surface area contributed by atoms with Gasteiger partial charge in [0.1, 0.15) is 5.92 Å². The van der Waals surface area contributed by atoms with Gasteiger partial charge in [0.25, 0.3) is 0 Å². The zero-order chi connectivity index (χ0) is 11.3. The molecule has 1 fully saturated rings. The summed E-state index contributed by atoms with van der Waals surface area (Å²) < 4.78 is 10.0. The van der Waals surface area contributed by atoms with Crippen molar-refractivity contribution in [3.63, 3.8) is 0 Å². The number of hydrogen-bond donors (Lipinski definition) is 0. The number of esters is 1. The van der Waals surface area contributed by atoms with Crippen molar-refractivity contribution >= 4 is 11.8 Å². The summed E-state index contributed by atoms with van der Waals surface area (Å²) in [5.74, 6) is -1.12. The number of rotatable bonds is 5. The molecule has 0 spiro atoms. The molecule has 2 atom stereocenters. The highest BCUT2D eigenvalue weighted by molar-refractivity contribution is 6.00. The van der Waals surface area contributed by atoms with Crippen molar-refractivity contribution < 1.29 is 19.1 Å². The summed E-state index contributed by atoms with van der Waals surface area (Å²) in [6, 6.07) is 0. The first-order valence-corrected chi connectivity index (χ1v) is 5.48. The summed E-state index contributed by atoms with van der Waals surface area (Å²) >= 11 is 0. The molecular weight excluding hydrogens is 196 g/mol. The molecule has 0 radical (unpaired) electrons. The highest BCUT2D eigenvalue weighted by atomic mass is 16.5. The number of Topliss-reactive ketones (excluding diaryl/α,β-unsaturated/α-hetero) is 1. The lowest BCUT2D eigenvalue weighted by atomic mass is 9.90. The van der Waals surface area contributed by atoms with Crippen molar-refractivity contribution in [1.29, 1.82) is 0 Å². The van der Waals surface area contributed by atoms with Gasteiger partial charge in [-0.25, -0.2) is 0 Å². The lowest BCUT2D eigenvalue weighted by Gasteiger charge is -2.15. The Morgan fingerprint density at radius 2 is 2.20 bits per heavy atom. The highest BCUT2D eigenvalue weighted by Crippen LogP contribution is 2.20. The van der Waals surface area contributed by atoms with Gasteiger partial charge in [-0.2, -0.15) is 0 Å². The molecule has 0 bridgehead atoms. The minimum atomic E-state index is -0.600. The van der Waals surface area contributed by atoms with E-state index in [9.17, 15) is 9.59 Å². The molecule has 4 heteroatoms. The van der Waals surface area contributed by atoms with Crippen LogP contribution in [0.4, 0.5) is 0 Å². The predicted octanol–water partition coefficient (Wildman–Crippen LogP) is 1.18. The van der Waals surface area contributed by atoms with E-state index in [1.165, 1.54) is 0 Å². The Morgan fingerprint density at radius 3 is 2.67 bits per heavy atom. The fourth-order valence-electron chi connectivity index (χ4n) is 1.77. The second-order valence-corrected chi connectivity index (χ2v) is 3.68. The van der Waals surface area contributed by atoms with E-state index < -0.39 is 11.9 Å². The van der Waals surface area contributed by atoms with Crippen LogP contribution in [0.5, 0.6) is 0 Å². The first kappa shape index (κ1) is 12.2. The van der Waals surface area contributed by atoms with E-state index in [4.69, 9.17) is 9.47 Å². The Hall–Kier alpha value is -0.900. The summed E-state index contributed by atoms with van der Waals surface area (Å²) in [6.45, 7) is 4.97. The first-order chi connectivity index (χ1) is 7.20. The summed E-state index contributed by atoms with van der Waals surface area (Å²) in [6.07, 6.45) is 1.24. The van der Waals surface area contributed by atoms with Crippen molar-refractivity contribution in [2.75, 3.05) is 19.8 Å². The van der Waals surface area contributed by atoms with Gasteiger partial charge in [-0.1, -0.05) is 6.92 Å². The molecular formula is C11H18O4. The molecule has 2 unspecified atom stereocenters. The maximum absolute atomic E-state index is 11.9. The number of ether oxygens (including phenoxy) is 2. The van der Waals surface area contributed by atoms with Gasteiger partial charge in [0.2, 0.25) is 0 Å². The standard InChI is InChI=1S/C11H18O4/c1-3-9(11(13)15-4-2)10(12)8-5-6-14-7-8/h8-9H,3-7H2,1-2H3. The molecule has 0 amide bonds. The fourth-order valence-corrected chi connectivity index (χ4v) is 1.77. The minimum absolute atomic E-state index is 0.0200. The van der Waals surface area contributed by atoms with Crippen LogP contribution >= 0.6 is 0 Å². The van der Waals surface area contributed by atoms with Crippen molar-refractivity contribution in [2.24, 2.45) is 11.8 Å². The molecule has 0 aromatic carbocycles. The quantitative estimate of drug-likeness (QED) is 0.509. The van der Waals surface area contributed by atoms with Gasteiger partial charge in [0.05, 0.1) is 13.2 Å². The Bertz CT molecular complexity index is 231. The normalized spacial score (nSPS) is 22.4. The number of ketones is 1. The van der Waals surface area contributed by atoms with Crippen LogP contribution in [-0.2, 0) is 19.1 Å². The maximum Gasteiger partial charge on any atom is 0.316 e. The average molecular weight is 214 g/mol. The third-order valence-corrected chi connectivity index (χ3v) is 2.65. The lowest BCUT2D eigenvalue weighted by Crippen LogP contribution is -2.31. The van der Waals surface area contributed by atoms with Crippen LogP contribution in [0.2, 0.25) is 0 Å². The summed E-state index contributed by atoms with van der Waals surface area (Å²) in [4.78, 5) is 23.4. The van der Waals surface area contributed by atoms with Gasteiger partial charge in [-0.15, -0.1) is 0 Å². The zero-order valence-electron chi connectivity index (χ0n) is 9.32. The van der Waals surface area contributed by atoms with Gasteiger partial charge in [0.15, 0.2) is 5.78 Å². The van der Waals surface area contributed by atoms with E-state index in [1.807, 2.05) is 6.92 Å². The fraction of sp³-hybridized carbons (Fsp3) is 0.818. The van der Waals surface area contributed by atoms with E-state index in [0.29, 0.717) is 26.2 Å². The SMILES string of the molecule is CCOC(=O)C(CC)C(=O)C1CCOC1. The summed E-state index contributed by atoms with van der Waals surface area (Å²) in [7, 11) is 0. The van der Waals surface area contributed by atoms with Crippen LogP contribution in [-0.4, -0.2) is 31.6 Å². The maximum atomic E-state index is 11.9. The molecule has 1 aliphatic heterocycles. The predicted molar refractivity (Wildman–Crippen MR) is 54.3 cm³/mol. The van der Waals surface area contributed by atoms with E-state index in [2.05, 4.69) is 0 Å². The van der Waals surface area contributed by atoms with E-state index in [1.54, 1.807) is 6.92 Å². The second-order valence-electron chi connectivity index (χ2n) is 3.68. The number of hydrogen-bond acceptors (Lipinski definition) is 4. The molecule has 86 valence electrons. The molecule has 15 heavy (non-hydrogen) atoms. The molecule has 0 saturated carbocycles. The lowest BCUT2D eigenvalue weighted by molar-refractivity contribution is -0.152. The van der Waals surface area contributed by atoms with Crippen molar-refractivity contribution in [3.8, 4) is 0 Å². The van der Waals surface area contributed by atoms with Crippen LogP contribution in [0, 0.1) is 11.8 Å².